The highest BCUT2D eigenvalue weighted by Gasteiger charge is 2.13. The topological polar surface area (TPSA) is 23.3 Å². The third kappa shape index (κ3) is 1.68. The van der Waals surface area contributed by atoms with Crippen LogP contribution in [0.3, 0.4) is 0 Å². The Bertz CT molecular complexity index is 279. The molecule has 0 saturated carbocycles. The minimum absolute atomic E-state index is 0.580. The molecule has 1 saturated heterocycles. The summed E-state index contributed by atoms with van der Waals surface area (Å²) in [6.45, 7) is 1.96. The minimum Gasteiger partial charge on any atom is -0.662 e. The van der Waals surface area contributed by atoms with Crippen LogP contribution in [-0.2, 0) is 0 Å². The maximum Gasteiger partial charge on any atom is 0.122 e. The highest BCUT2D eigenvalue weighted by molar-refractivity contribution is 5.37. The van der Waals surface area contributed by atoms with Gasteiger partial charge < -0.3 is 10.1 Å². The molecule has 0 N–H and O–H groups in total. The lowest BCUT2D eigenvalue weighted by molar-refractivity contribution is 0.406. The number of para-hydroxylation sites is 1. The van der Waals surface area contributed by atoms with Gasteiger partial charge in [-0.3, -0.25) is 0 Å². The van der Waals surface area contributed by atoms with Gasteiger partial charge in [-0.1, -0.05) is 24.6 Å². The Morgan fingerprint density at radius 1 is 1.38 bits per heavy atom. The van der Waals surface area contributed by atoms with E-state index in [0.29, 0.717) is 5.92 Å². The van der Waals surface area contributed by atoms with Gasteiger partial charge in [0.2, 0.25) is 0 Å². The SMILES string of the molecule is COc1ccccc1C1CC[N-]C1. The van der Waals surface area contributed by atoms with Gasteiger partial charge >= 0.3 is 0 Å². The normalized spacial score (nSPS) is 21.8. The molecular formula is C11H14NO-. The average molecular weight is 176 g/mol. The van der Waals surface area contributed by atoms with Gasteiger partial charge in [-0.15, -0.1) is 13.1 Å². The lowest BCUT2D eigenvalue weighted by atomic mass is 9.97. The molecule has 1 aliphatic heterocycles. The Morgan fingerprint density at radius 3 is 2.92 bits per heavy atom. The fourth-order valence-corrected chi connectivity index (χ4v) is 1.84. The third-order valence-electron chi connectivity index (χ3n) is 2.56. The van der Waals surface area contributed by atoms with E-state index in [4.69, 9.17) is 4.74 Å². The van der Waals surface area contributed by atoms with Crippen LogP contribution < -0.4 is 4.74 Å². The lowest BCUT2D eigenvalue weighted by Gasteiger charge is -2.16. The standard InChI is InChI=1S/C11H14NO/c1-13-11-5-3-2-4-10(11)9-6-7-12-8-9/h2-5,9H,6-8H2,1H3/q-1. The maximum absolute atomic E-state index is 5.32. The zero-order valence-electron chi connectivity index (χ0n) is 7.86. The maximum atomic E-state index is 5.32. The number of hydrogen-bond donors (Lipinski definition) is 0. The summed E-state index contributed by atoms with van der Waals surface area (Å²) in [5.74, 6) is 1.58. The third-order valence-corrected chi connectivity index (χ3v) is 2.56. The van der Waals surface area contributed by atoms with E-state index in [0.717, 1.165) is 18.8 Å². The van der Waals surface area contributed by atoms with Gasteiger partial charge in [0.1, 0.15) is 5.75 Å². The second kappa shape index (κ2) is 3.79. The molecule has 13 heavy (non-hydrogen) atoms. The van der Waals surface area contributed by atoms with Crippen LogP contribution in [0.1, 0.15) is 17.9 Å². The first-order valence-electron chi connectivity index (χ1n) is 4.68. The van der Waals surface area contributed by atoms with Crippen LogP contribution >= 0.6 is 0 Å². The highest BCUT2D eigenvalue weighted by atomic mass is 16.5. The number of benzene rings is 1. The molecule has 0 amide bonds. The number of hydrogen-bond acceptors (Lipinski definition) is 1. The summed E-state index contributed by atoms with van der Waals surface area (Å²) >= 11 is 0. The fourth-order valence-electron chi connectivity index (χ4n) is 1.84. The van der Waals surface area contributed by atoms with E-state index in [-0.39, 0.29) is 0 Å². The van der Waals surface area contributed by atoms with Crippen molar-refractivity contribution in [2.24, 2.45) is 0 Å². The number of methoxy groups -OCH3 is 1. The number of nitrogens with zero attached hydrogens (tertiary/aromatic N) is 1. The molecule has 0 aromatic heterocycles. The van der Waals surface area contributed by atoms with Crippen molar-refractivity contribution < 1.29 is 4.74 Å². The fraction of sp³-hybridized carbons (Fsp3) is 0.455. The molecule has 0 bridgehead atoms. The monoisotopic (exact) mass is 176 g/mol. The smallest absolute Gasteiger partial charge is 0.122 e. The van der Waals surface area contributed by atoms with E-state index in [1.54, 1.807) is 7.11 Å². The predicted octanol–water partition coefficient (Wildman–Crippen LogP) is 2.56. The van der Waals surface area contributed by atoms with Crippen LogP contribution in [0.4, 0.5) is 0 Å². The van der Waals surface area contributed by atoms with Crippen LogP contribution in [0.5, 0.6) is 5.75 Å². The van der Waals surface area contributed by atoms with Crippen LogP contribution in [-0.4, -0.2) is 20.2 Å². The Morgan fingerprint density at radius 2 is 2.23 bits per heavy atom. The van der Waals surface area contributed by atoms with E-state index in [1.807, 2.05) is 12.1 Å². The molecule has 1 aromatic rings. The van der Waals surface area contributed by atoms with E-state index in [9.17, 15) is 0 Å². The Balaban J connectivity index is 2.26. The van der Waals surface area contributed by atoms with Crippen LogP contribution in [0.15, 0.2) is 24.3 Å². The summed E-state index contributed by atoms with van der Waals surface area (Å²) in [6.07, 6.45) is 1.17. The van der Waals surface area contributed by atoms with Crippen LogP contribution in [0, 0.1) is 0 Å². The summed E-state index contributed by atoms with van der Waals surface area (Å²) in [4.78, 5) is 0. The summed E-state index contributed by atoms with van der Waals surface area (Å²) in [5.41, 5.74) is 1.31. The quantitative estimate of drug-likeness (QED) is 0.679. The van der Waals surface area contributed by atoms with Gasteiger partial charge in [0.25, 0.3) is 0 Å². The van der Waals surface area contributed by atoms with Crippen molar-refractivity contribution in [3.05, 3.63) is 35.1 Å². The molecule has 2 rings (SSSR count). The summed E-state index contributed by atoms with van der Waals surface area (Å²) in [5, 5.41) is 4.36. The van der Waals surface area contributed by atoms with E-state index >= 15 is 0 Å². The Labute approximate surface area is 78.9 Å². The van der Waals surface area contributed by atoms with Gasteiger partial charge in [0.05, 0.1) is 7.11 Å². The van der Waals surface area contributed by atoms with Gasteiger partial charge in [0, 0.05) is 0 Å². The predicted molar refractivity (Wildman–Crippen MR) is 53.4 cm³/mol. The minimum atomic E-state index is 0.580. The van der Waals surface area contributed by atoms with Crippen molar-refractivity contribution in [1.82, 2.24) is 0 Å². The van der Waals surface area contributed by atoms with Crippen molar-refractivity contribution >= 4 is 0 Å². The van der Waals surface area contributed by atoms with Gasteiger partial charge in [0.15, 0.2) is 0 Å². The van der Waals surface area contributed by atoms with Gasteiger partial charge in [-0.05, 0) is 17.5 Å². The first kappa shape index (κ1) is 8.57. The molecule has 0 aliphatic carbocycles. The zero-order valence-corrected chi connectivity index (χ0v) is 7.86. The van der Waals surface area contributed by atoms with E-state index in [2.05, 4.69) is 17.4 Å². The molecule has 2 heteroatoms. The molecule has 1 aromatic carbocycles. The van der Waals surface area contributed by atoms with Gasteiger partial charge in [-0.25, -0.2) is 0 Å². The van der Waals surface area contributed by atoms with Crippen LogP contribution in [0.25, 0.3) is 5.32 Å². The first-order valence-corrected chi connectivity index (χ1v) is 4.68. The number of ether oxygens (including phenoxy) is 1. The van der Waals surface area contributed by atoms with Crippen molar-refractivity contribution in [2.45, 2.75) is 12.3 Å². The summed E-state index contributed by atoms with van der Waals surface area (Å²) in [7, 11) is 1.73. The van der Waals surface area contributed by atoms with Crippen molar-refractivity contribution in [2.75, 3.05) is 20.2 Å². The molecule has 1 heterocycles. The van der Waals surface area contributed by atoms with E-state index in [1.165, 1.54) is 12.0 Å². The summed E-state index contributed by atoms with van der Waals surface area (Å²) in [6, 6.07) is 8.24. The van der Waals surface area contributed by atoms with Crippen molar-refractivity contribution in [3.8, 4) is 5.75 Å². The Hall–Kier alpha value is -1.02. The second-order valence-electron chi connectivity index (χ2n) is 3.36. The molecular weight excluding hydrogens is 162 g/mol. The van der Waals surface area contributed by atoms with E-state index < -0.39 is 0 Å². The molecule has 0 spiro atoms. The molecule has 70 valence electrons. The molecule has 1 aliphatic rings. The average Bonchev–Trinajstić information content (AvgIpc) is 2.70. The lowest BCUT2D eigenvalue weighted by Crippen LogP contribution is -1.99. The van der Waals surface area contributed by atoms with Crippen LogP contribution in [0.2, 0.25) is 0 Å². The van der Waals surface area contributed by atoms with Gasteiger partial charge in [-0.2, -0.15) is 0 Å². The highest BCUT2D eigenvalue weighted by Crippen LogP contribution is 2.33. The second-order valence-corrected chi connectivity index (χ2v) is 3.36. The first-order chi connectivity index (χ1) is 6.42. The molecule has 2 nitrogen and oxygen atoms in total. The Kier molecular flexibility index (Phi) is 2.50. The van der Waals surface area contributed by atoms with Crippen molar-refractivity contribution in [3.63, 3.8) is 0 Å². The number of rotatable bonds is 2. The molecule has 0 radical (unpaired) electrons. The molecule has 1 atom stereocenters. The zero-order chi connectivity index (χ0) is 9.10. The largest absolute Gasteiger partial charge is 0.662 e. The molecule has 1 unspecified atom stereocenters. The van der Waals surface area contributed by atoms with Crippen molar-refractivity contribution in [1.29, 1.82) is 0 Å². The summed E-state index contributed by atoms with van der Waals surface area (Å²) < 4.78 is 5.32. The molecule has 1 fully saturated rings.